The minimum absolute atomic E-state index is 0.180. The highest BCUT2D eigenvalue weighted by Gasteiger charge is 2.12. The summed E-state index contributed by atoms with van der Waals surface area (Å²) < 4.78 is 24.3. The summed E-state index contributed by atoms with van der Waals surface area (Å²) in [5.41, 5.74) is 0.679. The fourth-order valence-electron chi connectivity index (χ4n) is 1.15. The third-order valence-corrected chi connectivity index (χ3v) is 4.09. The Morgan fingerprint density at radius 1 is 1.25 bits per heavy atom. The Balaban J connectivity index is 2.38. The minimum atomic E-state index is -3.38. The van der Waals surface area contributed by atoms with Crippen LogP contribution in [-0.4, -0.2) is 33.8 Å². The molecule has 0 unspecified atom stereocenters. The summed E-state index contributed by atoms with van der Waals surface area (Å²) in [6.45, 7) is 0. The van der Waals surface area contributed by atoms with Crippen LogP contribution in [-0.2, 0) is 9.84 Å². The van der Waals surface area contributed by atoms with E-state index in [1.807, 2.05) is 0 Å². The number of nitrogens with zero attached hydrogens (tertiary/aromatic N) is 4. The number of rotatable bonds is 3. The van der Waals surface area contributed by atoms with Crippen molar-refractivity contribution < 1.29 is 8.42 Å². The van der Waals surface area contributed by atoms with Gasteiger partial charge in [0.2, 0.25) is 0 Å². The third kappa shape index (κ3) is 2.05. The van der Waals surface area contributed by atoms with Gasteiger partial charge in [-0.25, -0.2) is 13.1 Å². The maximum Gasteiger partial charge on any atom is 0.192 e. The van der Waals surface area contributed by atoms with Crippen LogP contribution in [0.4, 0.5) is 0 Å². The van der Waals surface area contributed by atoms with Gasteiger partial charge < -0.3 is 0 Å². The highest BCUT2D eigenvalue weighted by molar-refractivity contribution is 7.92. The van der Waals surface area contributed by atoms with Gasteiger partial charge in [-0.2, -0.15) is 0 Å². The molecule has 0 saturated carbocycles. The molecule has 8 heteroatoms. The van der Waals surface area contributed by atoms with Crippen LogP contribution in [0.5, 0.6) is 0 Å². The lowest BCUT2D eigenvalue weighted by Gasteiger charge is -2.02. The minimum Gasteiger partial charge on any atom is -0.222 e. The fraction of sp³-hybridized carbons (Fsp3) is 0.125. The number of tetrazole rings is 1. The molecule has 2 aromatic rings. The zero-order valence-corrected chi connectivity index (χ0v) is 9.56. The Morgan fingerprint density at radius 2 is 1.94 bits per heavy atom. The van der Waals surface area contributed by atoms with Crippen molar-refractivity contribution in [3.63, 3.8) is 0 Å². The highest BCUT2D eigenvalue weighted by Crippen LogP contribution is 2.14. The van der Waals surface area contributed by atoms with Gasteiger partial charge in [-0.3, -0.25) is 0 Å². The van der Waals surface area contributed by atoms with Gasteiger partial charge in [0.1, 0.15) is 11.5 Å². The van der Waals surface area contributed by atoms with E-state index in [-0.39, 0.29) is 4.90 Å². The molecule has 0 fully saturated rings. The molecule has 0 bridgehead atoms. The first-order chi connectivity index (χ1) is 7.63. The first kappa shape index (κ1) is 11.0. The number of halogens is 1. The van der Waals surface area contributed by atoms with E-state index >= 15 is 0 Å². The fourth-order valence-corrected chi connectivity index (χ4v) is 2.20. The molecule has 1 aromatic heterocycles. The summed E-state index contributed by atoms with van der Waals surface area (Å²) >= 11 is 5.34. The molecule has 0 aliphatic rings. The predicted molar refractivity (Wildman–Crippen MR) is 57.1 cm³/mol. The monoisotopic (exact) mass is 258 g/mol. The van der Waals surface area contributed by atoms with Gasteiger partial charge >= 0.3 is 0 Å². The molecule has 0 amide bonds. The molecule has 1 heterocycles. The van der Waals surface area contributed by atoms with Crippen molar-refractivity contribution in [2.75, 3.05) is 5.21 Å². The maximum atomic E-state index is 11.4. The van der Waals surface area contributed by atoms with Gasteiger partial charge in [0.05, 0.1) is 10.6 Å². The molecule has 0 radical (unpaired) electrons. The molecular weight excluding hydrogens is 252 g/mol. The normalized spacial score (nSPS) is 11.6. The second kappa shape index (κ2) is 4.18. The van der Waals surface area contributed by atoms with Crippen LogP contribution in [0.3, 0.4) is 0 Å². The van der Waals surface area contributed by atoms with Crippen LogP contribution in [0, 0.1) is 0 Å². The number of hydrogen-bond acceptors (Lipinski definition) is 5. The predicted octanol–water partition coefficient (Wildman–Crippen LogP) is 0.632. The largest absolute Gasteiger partial charge is 0.222 e. The van der Waals surface area contributed by atoms with Gasteiger partial charge in [-0.05, 0) is 34.7 Å². The third-order valence-electron chi connectivity index (χ3n) is 1.95. The van der Waals surface area contributed by atoms with Gasteiger partial charge in [0, 0.05) is 0 Å². The Morgan fingerprint density at radius 3 is 2.44 bits per heavy atom. The van der Waals surface area contributed by atoms with Crippen LogP contribution >= 0.6 is 11.6 Å². The molecule has 0 aliphatic carbocycles. The van der Waals surface area contributed by atoms with Crippen molar-refractivity contribution in [3.8, 4) is 5.69 Å². The molecular formula is C8H7ClN4O2S. The van der Waals surface area contributed by atoms with Crippen molar-refractivity contribution >= 4 is 21.4 Å². The van der Waals surface area contributed by atoms with Gasteiger partial charge in [0.15, 0.2) is 9.84 Å². The molecule has 16 heavy (non-hydrogen) atoms. The van der Waals surface area contributed by atoms with Gasteiger partial charge in [-0.15, -0.1) is 16.7 Å². The summed E-state index contributed by atoms with van der Waals surface area (Å²) in [5.74, 6) is 0. The standard InChI is InChI=1S/C8H7ClN4O2S/c9-5-16(14,15)8-3-1-7(2-4-8)13-6-10-11-12-13/h1-4,6H,5H2. The van der Waals surface area contributed by atoms with Crippen LogP contribution < -0.4 is 0 Å². The molecule has 0 spiro atoms. The number of benzene rings is 1. The highest BCUT2D eigenvalue weighted by atomic mass is 35.5. The second-order valence-corrected chi connectivity index (χ2v) is 5.55. The number of alkyl halides is 1. The van der Waals surface area contributed by atoms with E-state index in [0.29, 0.717) is 5.69 Å². The maximum absolute atomic E-state index is 11.4. The van der Waals surface area contributed by atoms with Gasteiger partial charge in [-0.1, -0.05) is 0 Å². The summed E-state index contributed by atoms with van der Waals surface area (Å²) in [7, 11) is -3.38. The first-order valence-corrected chi connectivity index (χ1v) is 6.44. The van der Waals surface area contributed by atoms with E-state index in [4.69, 9.17) is 11.6 Å². The van der Waals surface area contributed by atoms with E-state index in [1.165, 1.54) is 23.1 Å². The van der Waals surface area contributed by atoms with Crippen molar-refractivity contribution in [2.24, 2.45) is 0 Å². The topological polar surface area (TPSA) is 77.7 Å². The average Bonchev–Trinajstić information content (AvgIpc) is 2.83. The summed E-state index contributed by atoms with van der Waals surface area (Å²) in [5, 5.41) is 10.2. The van der Waals surface area contributed by atoms with E-state index in [1.54, 1.807) is 12.1 Å². The van der Waals surface area contributed by atoms with Crippen molar-refractivity contribution in [3.05, 3.63) is 30.6 Å². The Kier molecular flexibility index (Phi) is 2.88. The number of sulfone groups is 1. The lowest BCUT2D eigenvalue weighted by Crippen LogP contribution is -2.02. The molecule has 0 aliphatic heterocycles. The Bertz CT molecular complexity index is 565. The van der Waals surface area contributed by atoms with Crippen molar-refractivity contribution in [1.82, 2.24) is 20.2 Å². The van der Waals surface area contributed by atoms with E-state index in [9.17, 15) is 8.42 Å². The zero-order chi connectivity index (χ0) is 11.6. The van der Waals surface area contributed by atoms with Gasteiger partial charge in [0.25, 0.3) is 0 Å². The molecule has 0 N–H and O–H groups in total. The average molecular weight is 259 g/mol. The first-order valence-electron chi connectivity index (χ1n) is 4.25. The van der Waals surface area contributed by atoms with Crippen molar-refractivity contribution in [1.29, 1.82) is 0 Å². The van der Waals surface area contributed by atoms with Crippen LogP contribution in [0.1, 0.15) is 0 Å². The SMILES string of the molecule is O=S(=O)(CCl)c1ccc(-n2cnnn2)cc1. The number of hydrogen-bond donors (Lipinski definition) is 0. The van der Waals surface area contributed by atoms with E-state index < -0.39 is 15.0 Å². The second-order valence-electron chi connectivity index (χ2n) is 2.97. The lowest BCUT2D eigenvalue weighted by molar-refractivity contribution is 0.600. The Labute approximate surface area is 96.8 Å². The molecule has 84 valence electrons. The number of aromatic nitrogens is 4. The summed E-state index contributed by atoms with van der Waals surface area (Å²) in [6.07, 6.45) is 1.42. The van der Waals surface area contributed by atoms with Crippen LogP contribution in [0.2, 0.25) is 0 Å². The van der Waals surface area contributed by atoms with E-state index in [0.717, 1.165) is 0 Å². The molecule has 0 atom stereocenters. The molecule has 2 rings (SSSR count). The molecule has 6 nitrogen and oxygen atoms in total. The molecule has 1 aromatic carbocycles. The molecule has 0 saturated heterocycles. The lowest BCUT2D eigenvalue weighted by atomic mass is 10.3. The summed E-state index contributed by atoms with van der Waals surface area (Å²) in [4.78, 5) is 0.180. The smallest absolute Gasteiger partial charge is 0.192 e. The van der Waals surface area contributed by atoms with Crippen LogP contribution in [0.15, 0.2) is 35.5 Å². The summed E-state index contributed by atoms with van der Waals surface area (Å²) in [6, 6.07) is 6.15. The Hall–Kier alpha value is -1.47. The van der Waals surface area contributed by atoms with Crippen molar-refractivity contribution in [2.45, 2.75) is 4.90 Å². The van der Waals surface area contributed by atoms with Crippen LogP contribution in [0.25, 0.3) is 5.69 Å². The zero-order valence-electron chi connectivity index (χ0n) is 7.99. The van der Waals surface area contributed by atoms with E-state index in [2.05, 4.69) is 15.5 Å². The quantitative estimate of drug-likeness (QED) is 0.755.